The Morgan fingerprint density at radius 2 is 1.70 bits per heavy atom. The molecule has 0 aliphatic heterocycles. The quantitative estimate of drug-likeness (QED) is 0.431. The van der Waals surface area contributed by atoms with Crippen LogP contribution in [0, 0.1) is 0 Å². The molecule has 27 heavy (non-hydrogen) atoms. The number of nitrogens with zero attached hydrogens (tertiary/aromatic N) is 4. The molecule has 0 fully saturated rings. The number of carbonyl (C=O) groups is 1. The van der Waals surface area contributed by atoms with Crippen LogP contribution >= 0.6 is 11.8 Å². The number of Topliss-reactive ketones (excluding diaryl/α,β-unsaturated/α-hetero) is 1. The number of rotatable bonds is 8. The van der Waals surface area contributed by atoms with E-state index in [4.69, 9.17) is 14.2 Å². The first-order valence-electron chi connectivity index (χ1n) is 7.97. The zero-order valence-electron chi connectivity index (χ0n) is 15.1. The molecule has 0 saturated heterocycles. The number of thioether (sulfide) groups is 1. The second kappa shape index (κ2) is 8.54. The van der Waals surface area contributed by atoms with Crippen molar-refractivity contribution in [3.63, 3.8) is 0 Å². The molecule has 0 bridgehead atoms. The van der Waals surface area contributed by atoms with Crippen molar-refractivity contribution < 1.29 is 19.0 Å². The molecule has 2 aromatic carbocycles. The molecular formula is C18H18N4O4S. The number of benzene rings is 2. The molecule has 0 unspecified atom stereocenters. The monoisotopic (exact) mass is 386 g/mol. The Labute approximate surface area is 160 Å². The van der Waals surface area contributed by atoms with Gasteiger partial charge in [0, 0.05) is 0 Å². The van der Waals surface area contributed by atoms with Gasteiger partial charge in [-0.05, 0) is 52.9 Å². The molecule has 3 rings (SSSR count). The van der Waals surface area contributed by atoms with Crippen LogP contribution in [0.4, 0.5) is 0 Å². The highest BCUT2D eigenvalue weighted by atomic mass is 32.2. The van der Waals surface area contributed by atoms with Crippen LogP contribution in [0.1, 0.15) is 10.4 Å². The molecule has 140 valence electrons. The Balaban J connectivity index is 1.76. The van der Waals surface area contributed by atoms with Crippen LogP contribution in [0.2, 0.25) is 0 Å². The second-order valence-corrected chi connectivity index (χ2v) is 6.29. The topological polar surface area (TPSA) is 88.4 Å². The first kappa shape index (κ1) is 18.7. The van der Waals surface area contributed by atoms with Crippen LogP contribution in [0.3, 0.4) is 0 Å². The summed E-state index contributed by atoms with van der Waals surface area (Å²) in [4.78, 5) is 12.7. The van der Waals surface area contributed by atoms with Crippen LogP contribution in [0.5, 0.6) is 17.2 Å². The van der Waals surface area contributed by atoms with Gasteiger partial charge in [0.05, 0.1) is 38.3 Å². The SMILES string of the molecule is COc1ccc(-n2nnnc2SCC(=O)c2cc(OC)ccc2OC)cc1. The van der Waals surface area contributed by atoms with Crippen molar-refractivity contribution in [2.24, 2.45) is 0 Å². The maximum atomic E-state index is 12.7. The highest BCUT2D eigenvalue weighted by molar-refractivity contribution is 7.99. The molecule has 0 spiro atoms. The molecule has 0 amide bonds. The molecule has 1 heterocycles. The van der Waals surface area contributed by atoms with Gasteiger partial charge in [-0.2, -0.15) is 4.68 Å². The average Bonchev–Trinajstić information content (AvgIpc) is 3.20. The summed E-state index contributed by atoms with van der Waals surface area (Å²) in [5.41, 5.74) is 1.22. The molecule has 1 aromatic heterocycles. The van der Waals surface area contributed by atoms with Crippen LogP contribution < -0.4 is 14.2 Å². The van der Waals surface area contributed by atoms with Crippen molar-refractivity contribution in [2.75, 3.05) is 27.1 Å². The third-order valence-corrected chi connectivity index (χ3v) is 4.72. The largest absolute Gasteiger partial charge is 0.497 e. The van der Waals surface area contributed by atoms with E-state index < -0.39 is 0 Å². The zero-order chi connectivity index (χ0) is 19.2. The first-order valence-corrected chi connectivity index (χ1v) is 8.95. The number of tetrazole rings is 1. The van der Waals surface area contributed by atoms with Gasteiger partial charge in [-0.15, -0.1) is 5.10 Å². The molecule has 0 N–H and O–H groups in total. The van der Waals surface area contributed by atoms with E-state index in [1.54, 1.807) is 37.1 Å². The minimum atomic E-state index is -0.111. The van der Waals surface area contributed by atoms with Crippen molar-refractivity contribution in [3.8, 4) is 22.9 Å². The number of aromatic nitrogens is 4. The smallest absolute Gasteiger partial charge is 0.214 e. The Morgan fingerprint density at radius 3 is 2.37 bits per heavy atom. The summed E-state index contributed by atoms with van der Waals surface area (Å²) in [6.45, 7) is 0. The second-order valence-electron chi connectivity index (χ2n) is 5.35. The van der Waals surface area contributed by atoms with Crippen molar-refractivity contribution >= 4 is 17.5 Å². The first-order chi connectivity index (χ1) is 13.2. The summed E-state index contributed by atoms with van der Waals surface area (Å²) >= 11 is 1.24. The summed E-state index contributed by atoms with van der Waals surface area (Å²) in [6, 6.07) is 12.4. The molecular weight excluding hydrogens is 368 g/mol. The van der Waals surface area contributed by atoms with Crippen molar-refractivity contribution in [1.82, 2.24) is 20.2 Å². The Morgan fingerprint density at radius 1 is 1.00 bits per heavy atom. The van der Waals surface area contributed by atoms with E-state index in [0.29, 0.717) is 22.2 Å². The van der Waals surface area contributed by atoms with E-state index in [2.05, 4.69) is 15.5 Å². The maximum Gasteiger partial charge on any atom is 0.214 e. The average molecular weight is 386 g/mol. The zero-order valence-corrected chi connectivity index (χ0v) is 15.9. The van der Waals surface area contributed by atoms with Crippen molar-refractivity contribution in [1.29, 1.82) is 0 Å². The molecule has 0 radical (unpaired) electrons. The number of hydrogen-bond donors (Lipinski definition) is 0. The van der Waals surface area contributed by atoms with Gasteiger partial charge in [0.15, 0.2) is 5.78 Å². The normalized spacial score (nSPS) is 10.5. The molecule has 0 aliphatic rings. The Hall–Kier alpha value is -3.07. The number of methoxy groups -OCH3 is 3. The van der Waals surface area contributed by atoms with E-state index in [-0.39, 0.29) is 11.5 Å². The fourth-order valence-electron chi connectivity index (χ4n) is 2.39. The number of carbonyl (C=O) groups excluding carboxylic acids is 1. The van der Waals surface area contributed by atoms with Gasteiger partial charge in [0.25, 0.3) is 0 Å². The lowest BCUT2D eigenvalue weighted by atomic mass is 10.1. The lowest BCUT2D eigenvalue weighted by Crippen LogP contribution is -2.07. The molecule has 0 aliphatic carbocycles. The fraction of sp³-hybridized carbons (Fsp3) is 0.222. The predicted molar refractivity (Wildman–Crippen MR) is 100 cm³/mol. The van der Waals surface area contributed by atoms with Crippen molar-refractivity contribution in [2.45, 2.75) is 5.16 Å². The Bertz CT molecular complexity index is 927. The van der Waals surface area contributed by atoms with E-state index in [0.717, 1.165) is 11.4 Å². The third-order valence-electron chi connectivity index (χ3n) is 3.80. The lowest BCUT2D eigenvalue weighted by Gasteiger charge is -2.09. The summed E-state index contributed by atoms with van der Waals surface area (Å²) < 4.78 is 17.2. The van der Waals surface area contributed by atoms with E-state index >= 15 is 0 Å². The van der Waals surface area contributed by atoms with Gasteiger partial charge in [0.2, 0.25) is 5.16 Å². The Kier molecular flexibility index (Phi) is 5.92. The van der Waals surface area contributed by atoms with E-state index in [9.17, 15) is 4.79 Å². The van der Waals surface area contributed by atoms with Gasteiger partial charge in [-0.25, -0.2) is 0 Å². The van der Waals surface area contributed by atoms with E-state index in [1.165, 1.54) is 18.9 Å². The highest BCUT2D eigenvalue weighted by Gasteiger charge is 2.17. The van der Waals surface area contributed by atoms with Crippen LogP contribution in [-0.2, 0) is 0 Å². The van der Waals surface area contributed by atoms with Crippen molar-refractivity contribution in [3.05, 3.63) is 48.0 Å². The van der Waals surface area contributed by atoms with Crippen LogP contribution in [0.25, 0.3) is 5.69 Å². The summed E-state index contributed by atoms with van der Waals surface area (Å²) in [5, 5.41) is 12.2. The minimum absolute atomic E-state index is 0.111. The molecule has 3 aromatic rings. The molecule has 0 saturated carbocycles. The third kappa shape index (κ3) is 4.20. The van der Waals surface area contributed by atoms with E-state index in [1.807, 2.05) is 24.3 Å². The van der Waals surface area contributed by atoms with Gasteiger partial charge in [-0.1, -0.05) is 11.8 Å². The van der Waals surface area contributed by atoms with Gasteiger partial charge in [0.1, 0.15) is 17.2 Å². The van der Waals surface area contributed by atoms with Gasteiger partial charge < -0.3 is 14.2 Å². The minimum Gasteiger partial charge on any atom is -0.497 e. The molecule has 8 nitrogen and oxygen atoms in total. The maximum absolute atomic E-state index is 12.7. The van der Waals surface area contributed by atoms with Gasteiger partial charge in [-0.3, -0.25) is 4.79 Å². The fourth-order valence-corrected chi connectivity index (χ4v) is 3.17. The summed E-state index contributed by atoms with van der Waals surface area (Å²) in [6.07, 6.45) is 0. The van der Waals surface area contributed by atoms with Gasteiger partial charge >= 0.3 is 0 Å². The molecule has 0 atom stereocenters. The predicted octanol–water partition coefficient (Wildman–Crippen LogP) is 2.66. The number of hydrogen-bond acceptors (Lipinski definition) is 8. The van der Waals surface area contributed by atoms with Crippen LogP contribution in [0.15, 0.2) is 47.6 Å². The summed E-state index contributed by atoms with van der Waals surface area (Å²) in [7, 11) is 4.68. The van der Waals surface area contributed by atoms with Crippen LogP contribution in [-0.4, -0.2) is 53.1 Å². The lowest BCUT2D eigenvalue weighted by molar-refractivity contribution is 0.101. The number of ether oxygens (including phenoxy) is 3. The number of ketones is 1. The molecule has 9 heteroatoms. The standard InChI is InChI=1S/C18H18N4O4S/c1-24-13-6-4-12(5-7-13)22-18(19-20-21-22)27-11-16(23)15-10-14(25-2)8-9-17(15)26-3/h4-10H,11H2,1-3H3. The highest BCUT2D eigenvalue weighted by Crippen LogP contribution is 2.27. The summed E-state index contributed by atoms with van der Waals surface area (Å²) in [5.74, 6) is 1.87.